The monoisotopic (exact) mass is 335 g/mol. The molecule has 0 aliphatic carbocycles. The fourth-order valence-corrected chi connectivity index (χ4v) is 2.86. The second kappa shape index (κ2) is 5.63. The van der Waals surface area contributed by atoms with Gasteiger partial charge in [0.1, 0.15) is 0 Å². The minimum atomic E-state index is 0.937. The van der Waals surface area contributed by atoms with Crippen LogP contribution in [-0.4, -0.2) is 4.57 Å². The van der Waals surface area contributed by atoms with Gasteiger partial charge in [-0.05, 0) is 43.3 Å². The molecule has 0 fully saturated rings. The Labute approximate surface area is 133 Å². The fourth-order valence-electron chi connectivity index (χ4n) is 2.60. The molecule has 1 aromatic heterocycles. The Kier molecular flexibility index (Phi) is 3.68. The van der Waals surface area contributed by atoms with Gasteiger partial charge in [0.15, 0.2) is 0 Å². The van der Waals surface area contributed by atoms with E-state index in [0.29, 0.717) is 0 Å². The Hall–Kier alpha value is -2.24. The van der Waals surface area contributed by atoms with Crippen LogP contribution in [0.25, 0.3) is 22.7 Å². The topological polar surface area (TPSA) is 4.93 Å². The SMILES string of the molecule is C#Cc1c(/C=C\C)n(-c2ccc(Br)cc2)c2ccccc12. The molecule has 0 aliphatic rings. The Morgan fingerprint density at radius 3 is 2.48 bits per heavy atom. The van der Waals surface area contributed by atoms with Crippen LogP contribution < -0.4 is 0 Å². The number of nitrogens with zero attached hydrogens (tertiary/aromatic N) is 1. The van der Waals surface area contributed by atoms with Crippen molar-refractivity contribution >= 4 is 32.9 Å². The number of hydrogen-bond acceptors (Lipinski definition) is 0. The minimum Gasteiger partial charge on any atom is -0.309 e. The van der Waals surface area contributed by atoms with Crippen LogP contribution in [0, 0.1) is 12.3 Å². The van der Waals surface area contributed by atoms with Crippen molar-refractivity contribution in [1.82, 2.24) is 4.57 Å². The largest absolute Gasteiger partial charge is 0.309 e. The molecular formula is C19H14BrN. The first-order valence-corrected chi connectivity index (χ1v) is 7.54. The molecule has 0 saturated heterocycles. The summed E-state index contributed by atoms with van der Waals surface area (Å²) in [7, 11) is 0. The molecule has 3 rings (SSSR count). The molecule has 2 aromatic carbocycles. The number of rotatable bonds is 2. The maximum absolute atomic E-state index is 5.76. The predicted molar refractivity (Wildman–Crippen MR) is 93.6 cm³/mol. The quantitative estimate of drug-likeness (QED) is 0.552. The van der Waals surface area contributed by atoms with Crippen molar-refractivity contribution in [3.05, 3.63) is 70.3 Å². The van der Waals surface area contributed by atoms with Gasteiger partial charge in [-0.1, -0.05) is 46.1 Å². The number of halogens is 1. The van der Waals surface area contributed by atoms with Gasteiger partial charge in [-0.3, -0.25) is 0 Å². The van der Waals surface area contributed by atoms with Crippen LogP contribution in [0.15, 0.2) is 59.1 Å². The summed E-state index contributed by atoms with van der Waals surface area (Å²) in [5.41, 5.74) is 4.21. The van der Waals surface area contributed by atoms with Gasteiger partial charge in [-0.2, -0.15) is 0 Å². The molecule has 0 bridgehead atoms. The fraction of sp³-hybridized carbons (Fsp3) is 0.0526. The molecule has 0 amide bonds. The number of terminal acetylenes is 1. The summed E-state index contributed by atoms with van der Waals surface area (Å²) in [4.78, 5) is 0. The van der Waals surface area contributed by atoms with Crippen LogP contribution in [0.2, 0.25) is 0 Å². The molecule has 1 heterocycles. The van der Waals surface area contributed by atoms with E-state index in [1.165, 1.54) is 0 Å². The van der Waals surface area contributed by atoms with Crippen LogP contribution in [0.3, 0.4) is 0 Å². The lowest BCUT2D eigenvalue weighted by molar-refractivity contribution is 1.10. The Morgan fingerprint density at radius 1 is 1.10 bits per heavy atom. The molecule has 0 N–H and O–H groups in total. The molecule has 3 aromatic rings. The van der Waals surface area contributed by atoms with Crippen molar-refractivity contribution in [3.8, 4) is 18.0 Å². The second-order valence-corrected chi connectivity index (χ2v) is 5.65. The third-order valence-corrected chi connectivity index (χ3v) is 3.99. The minimum absolute atomic E-state index is 0.937. The number of fused-ring (bicyclic) bond motifs is 1. The van der Waals surface area contributed by atoms with Gasteiger partial charge in [0.2, 0.25) is 0 Å². The van der Waals surface area contributed by atoms with E-state index >= 15 is 0 Å². The molecule has 102 valence electrons. The maximum Gasteiger partial charge on any atom is 0.0621 e. The first kappa shape index (κ1) is 13.7. The van der Waals surface area contributed by atoms with Gasteiger partial charge in [0.05, 0.1) is 16.8 Å². The van der Waals surface area contributed by atoms with E-state index in [9.17, 15) is 0 Å². The summed E-state index contributed by atoms with van der Waals surface area (Å²) >= 11 is 3.48. The van der Waals surface area contributed by atoms with Gasteiger partial charge in [-0.15, -0.1) is 6.42 Å². The highest BCUT2D eigenvalue weighted by molar-refractivity contribution is 9.10. The zero-order chi connectivity index (χ0) is 14.8. The zero-order valence-electron chi connectivity index (χ0n) is 11.7. The third kappa shape index (κ3) is 2.30. The number of para-hydroxylation sites is 1. The zero-order valence-corrected chi connectivity index (χ0v) is 13.3. The molecule has 0 unspecified atom stereocenters. The molecule has 0 radical (unpaired) electrons. The molecule has 0 atom stereocenters. The lowest BCUT2D eigenvalue weighted by atomic mass is 10.1. The average Bonchev–Trinajstić information content (AvgIpc) is 2.82. The summed E-state index contributed by atoms with van der Waals surface area (Å²) in [5, 5.41) is 1.11. The van der Waals surface area contributed by atoms with Crippen molar-refractivity contribution in [3.63, 3.8) is 0 Å². The molecular weight excluding hydrogens is 322 g/mol. The maximum atomic E-state index is 5.76. The van der Waals surface area contributed by atoms with E-state index in [2.05, 4.69) is 56.8 Å². The Balaban J connectivity index is 2.42. The first-order valence-electron chi connectivity index (χ1n) is 6.75. The van der Waals surface area contributed by atoms with Gasteiger partial charge < -0.3 is 4.57 Å². The summed E-state index contributed by atoms with van der Waals surface area (Å²) in [6, 6.07) is 16.5. The normalized spacial score (nSPS) is 11.1. The van der Waals surface area contributed by atoms with E-state index in [0.717, 1.165) is 32.3 Å². The van der Waals surface area contributed by atoms with Crippen molar-refractivity contribution in [2.75, 3.05) is 0 Å². The highest BCUT2D eigenvalue weighted by Gasteiger charge is 2.14. The number of aromatic nitrogens is 1. The van der Waals surface area contributed by atoms with Crippen LogP contribution in [0.1, 0.15) is 18.2 Å². The summed E-state index contributed by atoms with van der Waals surface area (Å²) in [6.07, 6.45) is 9.84. The standard InChI is InChI=1S/C19H14BrN/c1-3-7-18-16(4-2)17-8-5-6-9-19(17)21(18)15-12-10-14(20)11-13-15/h2-3,5-13H,1H3/b7-3-. The van der Waals surface area contributed by atoms with Gasteiger partial charge >= 0.3 is 0 Å². The van der Waals surface area contributed by atoms with E-state index in [4.69, 9.17) is 6.42 Å². The van der Waals surface area contributed by atoms with Gasteiger partial charge in [-0.25, -0.2) is 0 Å². The third-order valence-electron chi connectivity index (χ3n) is 3.47. The van der Waals surface area contributed by atoms with Crippen molar-refractivity contribution in [2.45, 2.75) is 6.92 Å². The first-order chi connectivity index (χ1) is 10.3. The average molecular weight is 336 g/mol. The molecule has 0 saturated carbocycles. The van der Waals surface area contributed by atoms with E-state index < -0.39 is 0 Å². The second-order valence-electron chi connectivity index (χ2n) is 4.73. The predicted octanol–water partition coefficient (Wildman–Crippen LogP) is 5.41. The van der Waals surface area contributed by atoms with Crippen molar-refractivity contribution in [1.29, 1.82) is 0 Å². The number of allylic oxidation sites excluding steroid dienone is 1. The summed E-state index contributed by atoms with van der Waals surface area (Å²) in [5.74, 6) is 2.84. The molecule has 1 nitrogen and oxygen atoms in total. The number of benzene rings is 2. The Morgan fingerprint density at radius 2 is 1.81 bits per heavy atom. The van der Waals surface area contributed by atoms with Gasteiger partial charge in [0, 0.05) is 15.5 Å². The smallest absolute Gasteiger partial charge is 0.0621 e. The lowest BCUT2D eigenvalue weighted by Crippen LogP contribution is -1.96. The number of hydrogen-bond donors (Lipinski definition) is 0. The van der Waals surface area contributed by atoms with Crippen LogP contribution in [-0.2, 0) is 0 Å². The summed E-state index contributed by atoms with van der Waals surface area (Å²) in [6.45, 7) is 2.00. The van der Waals surface area contributed by atoms with Crippen LogP contribution >= 0.6 is 15.9 Å². The van der Waals surface area contributed by atoms with Crippen LogP contribution in [0.5, 0.6) is 0 Å². The molecule has 21 heavy (non-hydrogen) atoms. The van der Waals surface area contributed by atoms with Crippen LogP contribution in [0.4, 0.5) is 0 Å². The lowest BCUT2D eigenvalue weighted by Gasteiger charge is -2.09. The molecule has 0 spiro atoms. The van der Waals surface area contributed by atoms with Crippen molar-refractivity contribution in [2.24, 2.45) is 0 Å². The highest BCUT2D eigenvalue weighted by Crippen LogP contribution is 2.30. The van der Waals surface area contributed by atoms with E-state index in [-0.39, 0.29) is 0 Å². The molecule has 0 aliphatic heterocycles. The highest BCUT2D eigenvalue weighted by atomic mass is 79.9. The van der Waals surface area contributed by atoms with E-state index in [1.807, 2.05) is 37.3 Å². The summed E-state index contributed by atoms with van der Waals surface area (Å²) < 4.78 is 3.27. The van der Waals surface area contributed by atoms with Crippen molar-refractivity contribution < 1.29 is 0 Å². The van der Waals surface area contributed by atoms with E-state index in [1.54, 1.807) is 0 Å². The van der Waals surface area contributed by atoms with Gasteiger partial charge in [0.25, 0.3) is 0 Å². The molecule has 2 heteroatoms. The Bertz CT molecular complexity index is 861.